The maximum absolute atomic E-state index is 9.75. The van der Waals surface area contributed by atoms with Crippen LogP contribution in [0.15, 0.2) is 0 Å². The van der Waals surface area contributed by atoms with Gasteiger partial charge in [0.2, 0.25) is 0 Å². The molecule has 0 saturated heterocycles. The Bertz CT molecular complexity index is 23.0. The Kier molecular flexibility index (Phi) is 3.95. The Morgan fingerprint density at radius 3 is 0.833 bits per heavy atom. The fourth-order valence-electron chi connectivity index (χ4n) is 0. The van der Waals surface area contributed by atoms with Gasteiger partial charge in [-0.25, -0.2) is 0 Å². The maximum atomic E-state index is 9.75. The molecule has 0 unspecified atom stereocenters. The third-order valence-electron chi connectivity index (χ3n) is 0. The quantitative estimate of drug-likeness (QED) is 0.362. The van der Waals surface area contributed by atoms with Crippen molar-refractivity contribution in [3.63, 3.8) is 0 Å². The molecule has 0 aromatic carbocycles. The van der Waals surface area contributed by atoms with E-state index >= 15 is 0 Å². The molecular formula is H2BF4Se-. The van der Waals surface area contributed by atoms with Gasteiger partial charge < -0.3 is 17.3 Å². The van der Waals surface area contributed by atoms with Gasteiger partial charge >= 0.3 is 24.3 Å². The van der Waals surface area contributed by atoms with E-state index in [0.717, 1.165) is 0 Å². The third kappa shape index (κ3) is 507. The van der Waals surface area contributed by atoms with Crippen LogP contribution in [0.25, 0.3) is 0 Å². The SMILES string of the molecule is F[B-](F)(F)F.[SeH2]. The first-order chi connectivity index (χ1) is 2.00. The van der Waals surface area contributed by atoms with Gasteiger partial charge in [0, 0.05) is 0 Å². The normalized spacial score (nSPS) is 10.0. The van der Waals surface area contributed by atoms with Crippen molar-refractivity contribution in [2.75, 3.05) is 0 Å². The van der Waals surface area contributed by atoms with Gasteiger partial charge in [-0.1, -0.05) is 0 Å². The van der Waals surface area contributed by atoms with Gasteiger partial charge in [-0.15, -0.1) is 0 Å². The Morgan fingerprint density at radius 1 is 0.833 bits per heavy atom. The summed E-state index contributed by atoms with van der Waals surface area (Å²) in [6.07, 6.45) is 0. The molecule has 0 radical (unpaired) electrons. The van der Waals surface area contributed by atoms with Crippen LogP contribution in [0.3, 0.4) is 0 Å². The average molecular weight is 168 g/mol. The van der Waals surface area contributed by atoms with E-state index in [-0.39, 0.29) is 17.1 Å². The molecule has 6 heteroatoms. The van der Waals surface area contributed by atoms with Gasteiger partial charge in [0.25, 0.3) is 0 Å². The summed E-state index contributed by atoms with van der Waals surface area (Å²) in [5.74, 6) is 0. The third-order valence-corrected chi connectivity index (χ3v) is 0. The summed E-state index contributed by atoms with van der Waals surface area (Å²) < 4.78 is 39.0. The summed E-state index contributed by atoms with van der Waals surface area (Å²) in [4.78, 5) is 0. The van der Waals surface area contributed by atoms with Crippen molar-refractivity contribution in [2.24, 2.45) is 0 Å². The van der Waals surface area contributed by atoms with Crippen LogP contribution in [0.4, 0.5) is 17.3 Å². The number of hydrogen-bond donors (Lipinski definition) is 0. The summed E-state index contributed by atoms with van der Waals surface area (Å²) in [5, 5.41) is 0. The van der Waals surface area contributed by atoms with Crippen LogP contribution < -0.4 is 0 Å². The Balaban J connectivity index is 0. The van der Waals surface area contributed by atoms with Crippen LogP contribution in [0.2, 0.25) is 0 Å². The predicted octanol–water partition coefficient (Wildman–Crippen LogP) is 0.384. The van der Waals surface area contributed by atoms with Gasteiger partial charge in [-0.3, -0.25) is 0 Å². The summed E-state index contributed by atoms with van der Waals surface area (Å²) in [5.41, 5.74) is 0. The van der Waals surface area contributed by atoms with E-state index in [1.807, 2.05) is 0 Å². The van der Waals surface area contributed by atoms with Crippen molar-refractivity contribution in [1.82, 2.24) is 0 Å². The van der Waals surface area contributed by atoms with Crippen LogP contribution >= 0.6 is 0 Å². The van der Waals surface area contributed by atoms with Crippen LogP contribution in [-0.4, -0.2) is 24.3 Å². The molecule has 6 heavy (non-hydrogen) atoms. The second-order valence-electron chi connectivity index (χ2n) is 0.495. The second kappa shape index (κ2) is 2.47. The average Bonchev–Trinajstić information content (AvgIpc) is 0.722. The molecule has 0 fully saturated rings. The molecule has 0 aromatic heterocycles. The van der Waals surface area contributed by atoms with Crippen LogP contribution in [-0.2, 0) is 0 Å². The minimum atomic E-state index is -6.00. The minimum absolute atomic E-state index is 0. The molecular weight excluding hydrogens is 166 g/mol. The molecule has 0 atom stereocenters. The van der Waals surface area contributed by atoms with E-state index in [2.05, 4.69) is 0 Å². The van der Waals surface area contributed by atoms with Crippen molar-refractivity contribution in [3.8, 4) is 0 Å². The molecule has 0 amide bonds. The Morgan fingerprint density at radius 2 is 0.833 bits per heavy atom. The van der Waals surface area contributed by atoms with Crippen LogP contribution in [0, 0.1) is 0 Å². The number of hydrogen-bond acceptors (Lipinski definition) is 0. The summed E-state index contributed by atoms with van der Waals surface area (Å²) in [6, 6.07) is 0. The van der Waals surface area contributed by atoms with Gasteiger partial charge in [-0.2, -0.15) is 0 Å². The van der Waals surface area contributed by atoms with E-state index < -0.39 is 7.25 Å². The van der Waals surface area contributed by atoms with Gasteiger partial charge in [0.05, 0.1) is 0 Å². The van der Waals surface area contributed by atoms with E-state index in [4.69, 9.17) is 0 Å². The van der Waals surface area contributed by atoms with Gasteiger partial charge in [0.15, 0.2) is 0 Å². The zero-order valence-electron chi connectivity index (χ0n) is 2.59. The topological polar surface area (TPSA) is 0 Å². The molecule has 0 rings (SSSR count). The molecule has 0 bridgehead atoms. The van der Waals surface area contributed by atoms with Gasteiger partial charge in [0.1, 0.15) is 0 Å². The first-order valence-corrected chi connectivity index (χ1v) is 0.873. The number of halogens is 4. The first-order valence-electron chi connectivity index (χ1n) is 0.873. The predicted molar refractivity (Wildman–Crippen MR) is 18.7 cm³/mol. The Labute approximate surface area is 42.5 Å². The summed E-state index contributed by atoms with van der Waals surface area (Å²) >= 11 is 0. The standard InChI is InChI=1S/BF4.H2Se/c2-1(3,4)5;/h;1H2/q-1;. The molecule has 0 aliphatic rings. The van der Waals surface area contributed by atoms with Crippen LogP contribution in [0.1, 0.15) is 0 Å². The van der Waals surface area contributed by atoms with E-state index in [0.29, 0.717) is 0 Å². The Hall–Kier alpha value is 0.304. The molecule has 0 heterocycles. The van der Waals surface area contributed by atoms with Crippen LogP contribution in [0.5, 0.6) is 0 Å². The summed E-state index contributed by atoms with van der Waals surface area (Å²) in [7, 11) is -6.00. The second-order valence-corrected chi connectivity index (χ2v) is 0.495. The van der Waals surface area contributed by atoms with E-state index in [9.17, 15) is 17.3 Å². The zero-order chi connectivity index (χ0) is 4.50. The van der Waals surface area contributed by atoms with E-state index in [1.165, 1.54) is 0 Å². The van der Waals surface area contributed by atoms with Crippen molar-refractivity contribution in [1.29, 1.82) is 0 Å². The molecule has 0 aromatic rings. The van der Waals surface area contributed by atoms with Crippen molar-refractivity contribution < 1.29 is 17.3 Å². The zero-order valence-corrected chi connectivity index (χ0v) is 4.69. The molecule has 40 valence electrons. The van der Waals surface area contributed by atoms with Crippen molar-refractivity contribution in [3.05, 3.63) is 0 Å². The molecule has 0 aliphatic carbocycles. The molecule has 0 spiro atoms. The molecule has 0 aliphatic heterocycles. The fourth-order valence-corrected chi connectivity index (χ4v) is 0. The van der Waals surface area contributed by atoms with Crippen molar-refractivity contribution in [2.45, 2.75) is 0 Å². The molecule has 0 saturated carbocycles. The van der Waals surface area contributed by atoms with Gasteiger partial charge in [-0.05, 0) is 0 Å². The first kappa shape index (κ1) is 9.57. The monoisotopic (exact) mass is 169 g/mol. The fraction of sp³-hybridized carbons (Fsp3) is 0. The van der Waals surface area contributed by atoms with E-state index in [1.54, 1.807) is 0 Å². The molecule has 0 N–H and O–H groups in total. The van der Waals surface area contributed by atoms with Crippen molar-refractivity contribution >= 4 is 24.3 Å². The summed E-state index contributed by atoms with van der Waals surface area (Å²) in [6.45, 7) is 0. The molecule has 0 nitrogen and oxygen atoms in total. The number of rotatable bonds is 0.